The van der Waals surface area contributed by atoms with Crippen molar-refractivity contribution < 1.29 is 34.2 Å². The molecule has 0 spiro atoms. The van der Waals surface area contributed by atoms with Gasteiger partial charge >= 0.3 is 8.25 Å². The number of hydrogen-bond acceptors (Lipinski definition) is 3. The minimum absolute atomic E-state index is 0.833. The van der Waals surface area contributed by atoms with E-state index in [4.69, 9.17) is 34.2 Å². The summed E-state index contributed by atoms with van der Waals surface area (Å²) in [6.07, 6.45) is 0. The fraction of sp³-hybridized carbons (Fsp3) is 0.500. The first kappa shape index (κ1) is 17.2. The predicted octanol–water partition coefficient (Wildman–Crippen LogP) is -0.190. The second kappa shape index (κ2) is 12.6. The van der Waals surface area contributed by atoms with Gasteiger partial charge in [-0.15, -0.1) is 9.79 Å². The first-order valence-corrected chi connectivity index (χ1v) is 3.60. The average Bonchev–Trinajstić information content (AvgIpc) is 1.54. The van der Waals surface area contributed by atoms with Crippen LogP contribution in [0, 0.1) is 0 Å². The average molecular weight is 201 g/mol. The molecule has 0 amide bonds. The van der Waals surface area contributed by atoms with Gasteiger partial charge in [0.1, 0.15) is 0 Å². The van der Waals surface area contributed by atoms with Crippen molar-refractivity contribution in [1.29, 1.82) is 0 Å². The first-order chi connectivity index (χ1) is 5.20. The zero-order chi connectivity index (χ0) is 10.7. The van der Waals surface area contributed by atoms with Gasteiger partial charge in [0.15, 0.2) is 0 Å². The van der Waals surface area contributed by atoms with E-state index in [1.807, 2.05) is 0 Å². The van der Waals surface area contributed by atoms with Crippen LogP contribution in [0.5, 0.6) is 0 Å². The minimum atomic E-state index is -2.87. The fourth-order valence-corrected chi connectivity index (χ4v) is 0. The Bertz CT molecular complexity index is 113. The Morgan fingerprint density at radius 3 is 1.00 bits per heavy atom. The van der Waals surface area contributed by atoms with Gasteiger partial charge in [0.05, 0.1) is 0 Å². The summed E-state index contributed by atoms with van der Waals surface area (Å²) < 4.78 is 8.70. The zero-order valence-corrected chi connectivity index (χ0v) is 7.36. The van der Waals surface area contributed by atoms with Crippen molar-refractivity contribution in [3.63, 3.8) is 0 Å². The second-order valence-corrected chi connectivity index (χ2v) is 1.80. The van der Waals surface area contributed by atoms with Crippen LogP contribution in [0.1, 0.15) is 13.8 Å². The van der Waals surface area contributed by atoms with E-state index in [0.29, 0.717) is 0 Å². The quantitative estimate of drug-likeness (QED) is 0.399. The molecule has 0 aromatic rings. The molecule has 0 bridgehead atoms. The van der Waals surface area contributed by atoms with E-state index in [9.17, 15) is 0 Å². The fourth-order valence-electron chi connectivity index (χ4n) is 0. The van der Waals surface area contributed by atoms with Gasteiger partial charge in [-0.2, -0.15) is 0 Å². The Kier molecular flexibility index (Phi) is 18.0. The highest BCUT2D eigenvalue weighted by Gasteiger charge is 1.93. The Morgan fingerprint density at radius 1 is 1.00 bits per heavy atom. The molecular formula is C4H10O7P+. The maximum absolute atomic E-state index is 9.00. The molecule has 0 saturated carbocycles. The summed E-state index contributed by atoms with van der Waals surface area (Å²) in [5.41, 5.74) is 0. The number of carbonyl (C=O) groups is 2. The van der Waals surface area contributed by atoms with Crippen LogP contribution in [-0.2, 0) is 14.2 Å². The lowest BCUT2D eigenvalue weighted by atomic mass is 10.9. The molecule has 0 heterocycles. The summed E-state index contributed by atoms with van der Waals surface area (Å²) >= 11 is 0. The van der Waals surface area contributed by atoms with E-state index in [2.05, 4.69) is 0 Å². The van der Waals surface area contributed by atoms with Crippen LogP contribution in [0.2, 0.25) is 0 Å². The topological polar surface area (TPSA) is 132 Å². The van der Waals surface area contributed by atoms with Crippen molar-refractivity contribution in [1.82, 2.24) is 0 Å². The van der Waals surface area contributed by atoms with E-state index in [1.54, 1.807) is 0 Å². The van der Waals surface area contributed by atoms with Gasteiger partial charge in [-0.1, -0.05) is 0 Å². The predicted molar refractivity (Wildman–Crippen MR) is 38.7 cm³/mol. The highest BCUT2D eigenvalue weighted by Crippen LogP contribution is 1.98. The lowest BCUT2D eigenvalue weighted by Gasteiger charge is -1.59. The van der Waals surface area contributed by atoms with E-state index in [0.717, 1.165) is 13.8 Å². The maximum Gasteiger partial charge on any atom is 0.692 e. The van der Waals surface area contributed by atoms with Crippen molar-refractivity contribution in [3.8, 4) is 0 Å². The summed E-state index contributed by atoms with van der Waals surface area (Å²) in [6, 6.07) is 0. The molecule has 12 heavy (non-hydrogen) atoms. The van der Waals surface area contributed by atoms with Crippen molar-refractivity contribution in [2.24, 2.45) is 0 Å². The summed E-state index contributed by atoms with van der Waals surface area (Å²) in [5, 5.41) is 14.8. The largest absolute Gasteiger partial charge is 0.692 e. The van der Waals surface area contributed by atoms with Crippen LogP contribution in [-0.4, -0.2) is 31.9 Å². The Labute approximate surface area is 69.2 Å². The van der Waals surface area contributed by atoms with Gasteiger partial charge in [-0.3, -0.25) is 9.59 Å². The van der Waals surface area contributed by atoms with Crippen molar-refractivity contribution >= 4 is 20.2 Å². The van der Waals surface area contributed by atoms with Crippen LogP contribution >= 0.6 is 8.25 Å². The number of carboxylic acid groups (broad SMARTS) is 2. The molecule has 4 N–H and O–H groups in total. The molecule has 0 unspecified atom stereocenters. The van der Waals surface area contributed by atoms with Crippen LogP contribution < -0.4 is 0 Å². The van der Waals surface area contributed by atoms with Gasteiger partial charge in [0.2, 0.25) is 0 Å². The Balaban J connectivity index is -0.000000101. The normalized spacial score (nSPS) is 6.33. The lowest BCUT2D eigenvalue weighted by Crippen LogP contribution is -1.78. The molecule has 0 aliphatic carbocycles. The molecule has 0 atom stereocenters. The second-order valence-electron chi connectivity index (χ2n) is 1.29. The SMILES string of the molecule is CC(=O)O.CC(=O)O.O=[P+](O)O. The third kappa shape index (κ3) is 525. The van der Waals surface area contributed by atoms with Crippen molar-refractivity contribution in [2.75, 3.05) is 0 Å². The molecule has 0 aromatic heterocycles. The molecule has 0 aliphatic rings. The Hall–Kier alpha value is -1.04. The number of hydrogen-bond donors (Lipinski definition) is 4. The van der Waals surface area contributed by atoms with Gasteiger partial charge in [0, 0.05) is 18.4 Å². The molecular weight excluding hydrogens is 191 g/mol. The summed E-state index contributed by atoms with van der Waals surface area (Å²) in [6.45, 7) is 2.17. The lowest BCUT2D eigenvalue weighted by molar-refractivity contribution is -0.135. The third-order valence-corrected chi connectivity index (χ3v) is 0. The molecule has 0 fully saturated rings. The number of rotatable bonds is 0. The molecule has 0 saturated heterocycles. The minimum Gasteiger partial charge on any atom is -0.481 e. The summed E-state index contributed by atoms with van der Waals surface area (Å²) in [4.78, 5) is 32.2. The summed E-state index contributed by atoms with van der Waals surface area (Å²) in [7, 11) is -2.87. The van der Waals surface area contributed by atoms with Gasteiger partial charge in [0.25, 0.3) is 11.9 Å². The van der Waals surface area contributed by atoms with Gasteiger partial charge in [-0.05, 0) is 0 Å². The first-order valence-electron chi connectivity index (χ1n) is 2.44. The highest BCUT2D eigenvalue weighted by atomic mass is 31.1. The van der Waals surface area contributed by atoms with Gasteiger partial charge in [-0.25, -0.2) is 0 Å². The Morgan fingerprint density at radius 2 is 1.00 bits per heavy atom. The van der Waals surface area contributed by atoms with Crippen LogP contribution in [0.15, 0.2) is 0 Å². The monoisotopic (exact) mass is 201 g/mol. The number of aliphatic carboxylic acids is 2. The third-order valence-electron chi connectivity index (χ3n) is 0. The smallest absolute Gasteiger partial charge is 0.481 e. The van der Waals surface area contributed by atoms with Gasteiger partial charge < -0.3 is 10.2 Å². The molecule has 7 nitrogen and oxygen atoms in total. The zero-order valence-electron chi connectivity index (χ0n) is 6.46. The van der Waals surface area contributed by atoms with E-state index >= 15 is 0 Å². The maximum atomic E-state index is 9.00. The standard InChI is InChI=1S/2C2H4O2.HO3P/c2*1-2(3)4;1-4(2)3/h2*1H3,(H,3,4);(H-,1,2,3)/p+1. The molecule has 0 radical (unpaired) electrons. The molecule has 0 aromatic carbocycles. The van der Waals surface area contributed by atoms with E-state index in [1.165, 1.54) is 0 Å². The molecule has 0 aliphatic heterocycles. The summed E-state index contributed by atoms with van der Waals surface area (Å²) in [5.74, 6) is -1.67. The van der Waals surface area contributed by atoms with E-state index < -0.39 is 20.2 Å². The highest BCUT2D eigenvalue weighted by molar-refractivity contribution is 7.30. The van der Waals surface area contributed by atoms with Crippen molar-refractivity contribution in [2.45, 2.75) is 13.8 Å². The van der Waals surface area contributed by atoms with Crippen LogP contribution in [0.3, 0.4) is 0 Å². The molecule has 0 rings (SSSR count). The molecule has 8 heteroatoms. The number of carboxylic acids is 2. The van der Waals surface area contributed by atoms with Crippen LogP contribution in [0.25, 0.3) is 0 Å². The molecule has 72 valence electrons. The van der Waals surface area contributed by atoms with E-state index in [-0.39, 0.29) is 0 Å². The van der Waals surface area contributed by atoms with Crippen LogP contribution in [0.4, 0.5) is 0 Å². The van der Waals surface area contributed by atoms with Crippen molar-refractivity contribution in [3.05, 3.63) is 0 Å².